The van der Waals surface area contributed by atoms with Gasteiger partial charge in [0, 0.05) is 0 Å². The van der Waals surface area contributed by atoms with Crippen LogP contribution in [0.1, 0.15) is 10.6 Å². The molecule has 54 valence electrons. The average molecular weight is 205 g/mol. The molecule has 0 aliphatic rings. The minimum atomic E-state index is -0.775. The Hall–Kier alpha value is -0.410. The molecule has 10 heavy (non-hydrogen) atoms. The van der Waals surface area contributed by atoms with Crippen molar-refractivity contribution in [2.24, 2.45) is 0 Å². The lowest BCUT2D eigenvalue weighted by molar-refractivity contribution is 0.276. The third-order valence-electron chi connectivity index (χ3n) is 1.12. The normalized spacial score (nSPS) is 13.1. The zero-order valence-electron chi connectivity index (χ0n) is 5.09. The van der Waals surface area contributed by atoms with Crippen LogP contribution < -0.4 is 0 Å². The summed E-state index contributed by atoms with van der Waals surface area (Å²) in [6.45, 7) is 0. The van der Waals surface area contributed by atoms with Gasteiger partial charge in [-0.05, 0) is 17.7 Å². The molecule has 0 heterocycles. The molecule has 0 radical (unpaired) electrons. The van der Waals surface area contributed by atoms with E-state index in [1.807, 2.05) is 0 Å². The molecule has 0 spiro atoms. The van der Waals surface area contributed by atoms with Gasteiger partial charge in [-0.1, -0.05) is 28.1 Å². The highest BCUT2D eigenvalue weighted by molar-refractivity contribution is 9.09. The van der Waals surface area contributed by atoms with Crippen LogP contribution in [0.15, 0.2) is 24.3 Å². The van der Waals surface area contributed by atoms with Crippen molar-refractivity contribution in [2.45, 2.75) is 5.01 Å². The Bertz CT molecular complexity index is 225. The van der Waals surface area contributed by atoms with Gasteiger partial charge in [0.15, 0.2) is 0 Å². The van der Waals surface area contributed by atoms with Crippen LogP contribution in [-0.2, 0) is 0 Å². The van der Waals surface area contributed by atoms with Crippen LogP contribution in [0, 0.1) is 5.82 Å². The fraction of sp³-hybridized carbons (Fsp3) is 0.143. The Morgan fingerprint density at radius 3 is 2.60 bits per heavy atom. The van der Waals surface area contributed by atoms with Crippen LogP contribution in [0.5, 0.6) is 0 Å². The van der Waals surface area contributed by atoms with Crippen LogP contribution in [0.3, 0.4) is 0 Å². The summed E-state index contributed by atoms with van der Waals surface area (Å²) in [4.78, 5) is 0. The van der Waals surface area contributed by atoms with Crippen molar-refractivity contribution in [3.63, 3.8) is 0 Å². The summed E-state index contributed by atoms with van der Waals surface area (Å²) < 4.78 is 12.4. The lowest BCUT2D eigenvalue weighted by Gasteiger charge is -2.00. The lowest BCUT2D eigenvalue weighted by Crippen LogP contribution is -1.86. The largest absolute Gasteiger partial charge is 0.377 e. The topological polar surface area (TPSA) is 20.2 Å². The van der Waals surface area contributed by atoms with Gasteiger partial charge in [0.25, 0.3) is 0 Å². The minimum Gasteiger partial charge on any atom is -0.377 e. The molecule has 0 aliphatic heterocycles. The van der Waals surface area contributed by atoms with Crippen molar-refractivity contribution in [3.8, 4) is 0 Å². The lowest BCUT2D eigenvalue weighted by atomic mass is 10.2. The number of rotatable bonds is 1. The molecule has 0 amide bonds. The monoisotopic (exact) mass is 204 g/mol. The number of hydrogen-bond acceptors (Lipinski definition) is 1. The predicted molar refractivity (Wildman–Crippen MR) is 40.3 cm³/mol. The van der Waals surface area contributed by atoms with E-state index in [0.717, 1.165) is 0 Å². The van der Waals surface area contributed by atoms with Crippen LogP contribution in [0.4, 0.5) is 4.39 Å². The third kappa shape index (κ3) is 1.78. The summed E-state index contributed by atoms with van der Waals surface area (Å²) >= 11 is 2.91. The molecule has 0 fully saturated rings. The van der Waals surface area contributed by atoms with Gasteiger partial charge in [-0.15, -0.1) is 0 Å². The predicted octanol–water partition coefficient (Wildman–Crippen LogP) is 2.21. The molecule has 1 rings (SSSR count). The number of aliphatic hydroxyl groups excluding tert-OH is 1. The minimum absolute atomic E-state index is 0.337. The Morgan fingerprint density at radius 1 is 1.50 bits per heavy atom. The zero-order valence-corrected chi connectivity index (χ0v) is 6.68. The van der Waals surface area contributed by atoms with Gasteiger partial charge in [0.2, 0.25) is 0 Å². The first-order valence-electron chi connectivity index (χ1n) is 2.78. The molecule has 0 aromatic heterocycles. The summed E-state index contributed by atoms with van der Waals surface area (Å²) in [5.74, 6) is -0.337. The highest BCUT2D eigenvalue weighted by atomic mass is 79.9. The van der Waals surface area contributed by atoms with E-state index in [9.17, 15) is 4.39 Å². The van der Waals surface area contributed by atoms with Gasteiger partial charge in [-0.25, -0.2) is 4.39 Å². The number of benzene rings is 1. The maximum Gasteiger partial charge on any atom is 0.134 e. The van der Waals surface area contributed by atoms with Crippen molar-refractivity contribution in [1.82, 2.24) is 0 Å². The van der Waals surface area contributed by atoms with E-state index < -0.39 is 5.01 Å². The number of hydrogen-bond donors (Lipinski definition) is 1. The molecule has 1 aromatic carbocycles. The fourth-order valence-corrected chi connectivity index (χ4v) is 0.940. The van der Waals surface area contributed by atoms with E-state index in [2.05, 4.69) is 15.9 Å². The van der Waals surface area contributed by atoms with Gasteiger partial charge in [0.1, 0.15) is 10.8 Å². The number of halogens is 2. The molecule has 3 heteroatoms. The van der Waals surface area contributed by atoms with Crippen LogP contribution in [-0.4, -0.2) is 5.11 Å². The molecule has 1 N–H and O–H groups in total. The van der Waals surface area contributed by atoms with Gasteiger partial charge in [-0.3, -0.25) is 0 Å². The van der Waals surface area contributed by atoms with E-state index in [-0.39, 0.29) is 5.82 Å². The molecule has 0 aliphatic carbocycles. The summed E-state index contributed by atoms with van der Waals surface area (Å²) in [5.41, 5.74) is 0.528. The molecule has 1 nitrogen and oxygen atoms in total. The first-order chi connectivity index (χ1) is 4.70. The van der Waals surface area contributed by atoms with Crippen LogP contribution in [0.25, 0.3) is 0 Å². The fourth-order valence-electron chi connectivity index (χ4n) is 0.655. The van der Waals surface area contributed by atoms with E-state index >= 15 is 0 Å². The van der Waals surface area contributed by atoms with Gasteiger partial charge in [-0.2, -0.15) is 0 Å². The highest BCUT2D eigenvalue weighted by Crippen LogP contribution is 2.18. The zero-order chi connectivity index (χ0) is 7.56. The second kappa shape index (κ2) is 3.12. The number of alkyl halides is 1. The van der Waals surface area contributed by atoms with E-state index in [4.69, 9.17) is 5.11 Å². The smallest absolute Gasteiger partial charge is 0.134 e. The highest BCUT2D eigenvalue weighted by Gasteiger charge is 2.01. The summed E-state index contributed by atoms with van der Waals surface area (Å²) in [7, 11) is 0. The average Bonchev–Trinajstić information content (AvgIpc) is 1.88. The maximum absolute atomic E-state index is 12.4. The Kier molecular flexibility index (Phi) is 2.40. The molecule has 0 saturated carbocycles. The Morgan fingerprint density at radius 2 is 2.20 bits per heavy atom. The van der Waals surface area contributed by atoms with Gasteiger partial charge < -0.3 is 5.11 Å². The maximum atomic E-state index is 12.4. The van der Waals surface area contributed by atoms with Gasteiger partial charge >= 0.3 is 0 Å². The number of aliphatic hydroxyl groups is 1. The SMILES string of the molecule is OC(Br)c1cccc(F)c1. The standard InChI is InChI=1S/C7H6BrFO/c8-7(10)5-2-1-3-6(9)4-5/h1-4,7,10H. The van der Waals surface area contributed by atoms with Crippen molar-refractivity contribution in [1.29, 1.82) is 0 Å². The van der Waals surface area contributed by atoms with Crippen molar-refractivity contribution < 1.29 is 9.50 Å². The third-order valence-corrected chi connectivity index (χ3v) is 1.65. The van der Waals surface area contributed by atoms with E-state index in [1.165, 1.54) is 12.1 Å². The second-order valence-electron chi connectivity index (χ2n) is 1.89. The molecule has 1 atom stereocenters. The van der Waals surface area contributed by atoms with Crippen molar-refractivity contribution in [3.05, 3.63) is 35.6 Å². The molecule has 1 unspecified atom stereocenters. The molecular weight excluding hydrogens is 199 g/mol. The molecule has 0 bridgehead atoms. The van der Waals surface area contributed by atoms with Crippen molar-refractivity contribution >= 4 is 15.9 Å². The summed E-state index contributed by atoms with van der Waals surface area (Å²) in [6.07, 6.45) is 0. The Balaban J connectivity index is 2.96. The quantitative estimate of drug-likeness (QED) is 0.696. The van der Waals surface area contributed by atoms with E-state index in [1.54, 1.807) is 12.1 Å². The molecule has 0 saturated heterocycles. The van der Waals surface area contributed by atoms with Crippen molar-refractivity contribution in [2.75, 3.05) is 0 Å². The van der Waals surface area contributed by atoms with E-state index in [0.29, 0.717) is 5.56 Å². The van der Waals surface area contributed by atoms with Crippen LogP contribution in [0.2, 0.25) is 0 Å². The second-order valence-corrected chi connectivity index (χ2v) is 2.76. The summed E-state index contributed by atoms with van der Waals surface area (Å²) in [5, 5.41) is 8.12. The first-order valence-corrected chi connectivity index (χ1v) is 3.69. The molecular formula is C7H6BrFO. The summed E-state index contributed by atoms with van der Waals surface area (Å²) in [6, 6.07) is 5.80. The first kappa shape index (κ1) is 7.69. The Labute approximate surface area is 66.6 Å². The van der Waals surface area contributed by atoms with Gasteiger partial charge in [0.05, 0.1) is 0 Å². The van der Waals surface area contributed by atoms with Crippen LogP contribution >= 0.6 is 15.9 Å². The molecule has 1 aromatic rings.